The summed E-state index contributed by atoms with van der Waals surface area (Å²) in [5.74, 6) is 0.191. The second-order valence-electron chi connectivity index (χ2n) is 7.45. The van der Waals surface area contributed by atoms with Crippen LogP contribution in [-0.4, -0.2) is 59.6 Å². The van der Waals surface area contributed by atoms with Crippen molar-refractivity contribution >= 4 is 36.5 Å². The van der Waals surface area contributed by atoms with E-state index in [1.165, 1.54) is 0 Å². The molecule has 1 saturated carbocycles. The van der Waals surface area contributed by atoms with Crippen molar-refractivity contribution in [2.45, 2.75) is 45.1 Å². The van der Waals surface area contributed by atoms with Crippen LogP contribution < -0.4 is 10.6 Å². The molecule has 13 heteroatoms. The summed E-state index contributed by atoms with van der Waals surface area (Å²) in [6, 6.07) is 2.59. The Balaban J connectivity index is 0.00000181. The number of hydrogen-bond acceptors (Lipinski definition) is 8. The molecule has 0 saturated heterocycles. The summed E-state index contributed by atoms with van der Waals surface area (Å²) in [5, 5.41) is 38.3. The van der Waals surface area contributed by atoms with Crippen molar-refractivity contribution in [3.8, 4) is 11.3 Å². The van der Waals surface area contributed by atoms with Gasteiger partial charge >= 0.3 is 6.03 Å². The lowest BCUT2D eigenvalue weighted by Gasteiger charge is -2.18. The van der Waals surface area contributed by atoms with Crippen LogP contribution in [0.15, 0.2) is 35.2 Å². The molecular weight excluding hydrogens is 461 g/mol. The molecule has 32 heavy (non-hydrogen) atoms. The summed E-state index contributed by atoms with van der Waals surface area (Å²) in [5.41, 5.74) is 2.56. The highest BCUT2D eigenvalue weighted by Crippen LogP contribution is 2.29. The number of rotatable bonds is 5. The minimum absolute atomic E-state index is 0. The van der Waals surface area contributed by atoms with Gasteiger partial charge in [0.05, 0.1) is 18.3 Å². The first-order valence-electron chi connectivity index (χ1n) is 9.59. The van der Waals surface area contributed by atoms with E-state index in [-0.39, 0.29) is 30.7 Å². The third-order valence-corrected chi connectivity index (χ3v) is 5.31. The van der Waals surface area contributed by atoms with Gasteiger partial charge in [-0.2, -0.15) is 0 Å². The van der Waals surface area contributed by atoms with E-state index < -0.39 is 24.3 Å². The predicted molar refractivity (Wildman–Crippen MR) is 120 cm³/mol. The monoisotopic (exact) mass is 485 g/mol. The zero-order valence-corrected chi connectivity index (χ0v) is 19.0. The lowest BCUT2D eigenvalue weighted by atomic mass is 10.1. The summed E-state index contributed by atoms with van der Waals surface area (Å²) >= 11 is 0. The number of carbonyl (C=O) groups excluding carboxylic acids is 1. The van der Waals surface area contributed by atoms with Crippen molar-refractivity contribution in [3.63, 3.8) is 0 Å². The molecule has 0 spiro atoms. The Morgan fingerprint density at radius 1 is 1.28 bits per heavy atom. The molecule has 4 N–H and O–H groups in total. The fraction of sp³-hybridized carbons (Fsp3) is 0.421. The summed E-state index contributed by atoms with van der Waals surface area (Å²) in [7, 11) is 0. The van der Waals surface area contributed by atoms with Gasteiger partial charge in [-0.25, -0.2) is 4.79 Å². The van der Waals surface area contributed by atoms with E-state index in [1.54, 1.807) is 37.1 Å². The minimum atomic E-state index is -1.09. The lowest BCUT2D eigenvalue weighted by Crippen LogP contribution is -2.44. The van der Waals surface area contributed by atoms with Gasteiger partial charge < -0.3 is 25.4 Å². The van der Waals surface area contributed by atoms with E-state index in [9.17, 15) is 15.0 Å². The third kappa shape index (κ3) is 5.36. The Morgan fingerprint density at radius 2 is 2.06 bits per heavy atom. The summed E-state index contributed by atoms with van der Waals surface area (Å²) in [6.45, 7) is 3.76. The van der Waals surface area contributed by atoms with Crippen LogP contribution in [0.2, 0.25) is 0 Å². The number of amides is 2. The molecule has 3 aromatic rings. The molecular formula is C19H25Cl2N7O4. The van der Waals surface area contributed by atoms with Crippen molar-refractivity contribution in [2.24, 2.45) is 5.92 Å². The normalized spacial score (nSPS) is 22.0. The second kappa shape index (κ2) is 10.7. The first-order chi connectivity index (χ1) is 14.4. The Labute approximate surface area is 196 Å². The number of hydrogen-bond donors (Lipinski definition) is 4. The fourth-order valence-electron chi connectivity index (χ4n) is 3.70. The van der Waals surface area contributed by atoms with Crippen LogP contribution in [0.25, 0.3) is 11.3 Å². The molecule has 0 unspecified atom stereocenters. The van der Waals surface area contributed by atoms with Gasteiger partial charge in [-0.1, -0.05) is 10.4 Å². The van der Waals surface area contributed by atoms with Crippen molar-refractivity contribution < 1.29 is 19.5 Å². The maximum Gasteiger partial charge on any atom is 0.319 e. The number of aryl methyl sites for hydroxylation is 2. The van der Waals surface area contributed by atoms with E-state index >= 15 is 0 Å². The average molecular weight is 486 g/mol. The van der Waals surface area contributed by atoms with Crippen molar-refractivity contribution in [2.75, 3.05) is 5.32 Å². The molecule has 3 heterocycles. The molecule has 4 atom stereocenters. The van der Waals surface area contributed by atoms with Crippen LogP contribution in [0.4, 0.5) is 10.5 Å². The highest BCUT2D eigenvalue weighted by Gasteiger charge is 2.42. The Bertz CT molecular complexity index is 1010. The van der Waals surface area contributed by atoms with E-state index in [2.05, 4.69) is 31.1 Å². The zero-order valence-electron chi connectivity index (χ0n) is 17.4. The Kier molecular flexibility index (Phi) is 8.56. The topological polar surface area (TPSA) is 151 Å². The average Bonchev–Trinajstić information content (AvgIpc) is 3.40. The molecule has 1 fully saturated rings. The maximum absolute atomic E-state index is 12.3. The van der Waals surface area contributed by atoms with Gasteiger partial charge in [-0.3, -0.25) is 9.67 Å². The van der Waals surface area contributed by atoms with E-state index in [0.717, 1.165) is 5.56 Å². The van der Waals surface area contributed by atoms with Gasteiger partial charge in [0, 0.05) is 30.4 Å². The van der Waals surface area contributed by atoms with Gasteiger partial charge in [0.25, 0.3) is 0 Å². The molecule has 1 aliphatic carbocycles. The molecule has 1 aliphatic rings. The van der Waals surface area contributed by atoms with Gasteiger partial charge in [0.2, 0.25) is 0 Å². The van der Waals surface area contributed by atoms with Gasteiger partial charge in [0.15, 0.2) is 5.76 Å². The van der Waals surface area contributed by atoms with Gasteiger partial charge in [-0.15, -0.1) is 29.9 Å². The zero-order chi connectivity index (χ0) is 21.3. The number of carbonyl (C=O) groups is 1. The standard InChI is InChI=1S/C19H23N7O4.2ClH/c1-10-16(11(2)30-24-10)22-19(29)21-14-6-13(17(27)18(14)28)8-26-9-15(23-25-26)12-4-3-5-20-7-12;;/h3-5,7,9,13-14,17-18,27-28H,6,8H2,1-2H3,(H2,21,22,29);2*1H/t13-,14-,17-,18+;;/m1../s1. The SMILES string of the molecule is Cc1noc(C)c1NC(=O)N[C@@H]1C[C@H](Cn2cc(-c3cccnc3)nn2)[C@@H](O)[C@H]1O.Cl.Cl. The number of aliphatic hydroxyl groups excluding tert-OH is 2. The summed E-state index contributed by atoms with van der Waals surface area (Å²) < 4.78 is 6.64. The molecule has 174 valence electrons. The van der Waals surface area contributed by atoms with Crippen LogP contribution in [-0.2, 0) is 6.54 Å². The predicted octanol–water partition coefficient (Wildman–Crippen LogP) is 1.72. The molecule has 0 aliphatic heterocycles. The third-order valence-electron chi connectivity index (χ3n) is 5.31. The highest BCUT2D eigenvalue weighted by molar-refractivity contribution is 5.90. The first kappa shape index (κ1) is 25.5. The lowest BCUT2D eigenvalue weighted by molar-refractivity contribution is 0.00878. The van der Waals surface area contributed by atoms with Crippen LogP contribution >= 0.6 is 24.8 Å². The number of nitrogens with one attached hydrogen (secondary N) is 2. The van der Waals surface area contributed by atoms with E-state index in [1.807, 2.05) is 12.1 Å². The van der Waals surface area contributed by atoms with E-state index in [0.29, 0.717) is 35.8 Å². The number of nitrogens with zero attached hydrogens (tertiary/aromatic N) is 5. The number of aromatic nitrogens is 5. The molecule has 11 nitrogen and oxygen atoms in total. The second-order valence-corrected chi connectivity index (χ2v) is 7.45. The number of urea groups is 1. The number of pyridine rings is 1. The quantitative estimate of drug-likeness (QED) is 0.426. The van der Waals surface area contributed by atoms with Crippen molar-refractivity contribution in [3.05, 3.63) is 42.2 Å². The molecule has 2 amide bonds. The molecule has 4 rings (SSSR count). The van der Waals surface area contributed by atoms with E-state index in [4.69, 9.17) is 4.52 Å². The smallest absolute Gasteiger partial charge is 0.319 e. The van der Waals surface area contributed by atoms with Crippen molar-refractivity contribution in [1.29, 1.82) is 0 Å². The molecule has 0 radical (unpaired) electrons. The fourth-order valence-corrected chi connectivity index (χ4v) is 3.70. The molecule has 0 aromatic carbocycles. The minimum Gasteiger partial charge on any atom is -0.390 e. The molecule has 3 aromatic heterocycles. The number of halogens is 2. The highest BCUT2D eigenvalue weighted by atomic mass is 35.5. The largest absolute Gasteiger partial charge is 0.390 e. The molecule has 0 bridgehead atoms. The van der Waals surface area contributed by atoms with Crippen LogP contribution in [0.3, 0.4) is 0 Å². The van der Waals surface area contributed by atoms with Crippen LogP contribution in [0, 0.1) is 19.8 Å². The number of aliphatic hydroxyl groups is 2. The summed E-state index contributed by atoms with van der Waals surface area (Å²) in [4.78, 5) is 16.4. The van der Waals surface area contributed by atoms with Gasteiger partial charge in [0.1, 0.15) is 23.2 Å². The van der Waals surface area contributed by atoms with Crippen molar-refractivity contribution in [1.82, 2.24) is 30.5 Å². The van der Waals surface area contributed by atoms with Gasteiger partial charge in [-0.05, 0) is 32.4 Å². The van der Waals surface area contributed by atoms with Crippen LogP contribution in [0.1, 0.15) is 17.9 Å². The maximum atomic E-state index is 12.3. The first-order valence-corrected chi connectivity index (χ1v) is 9.59. The summed E-state index contributed by atoms with van der Waals surface area (Å²) in [6.07, 6.45) is 3.44. The van der Waals surface area contributed by atoms with Crippen LogP contribution in [0.5, 0.6) is 0 Å². The Hall–Kier alpha value is -2.73. The number of anilines is 1. The Morgan fingerprint density at radius 3 is 2.72 bits per heavy atom.